The van der Waals surface area contributed by atoms with Gasteiger partial charge in [0, 0.05) is 6.04 Å². The molecule has 1 aromatic heterocycles. The van der Waals surface area contributed by atoms with Crippen molar-refractivity contribution in [1.29, 1.82) is 0 Å². The number of fused-ring (bicyclic) bond motifs is 1. The third kappa shape index (κ3) is 2.97. The van der Waals surface area contributed by atoms with Crippen LogP contribution in [0.15, 0.2) is 35.0 Å². The zero-order valence-corrected chi connectivity index (χ0v) is 12.4. The molecule has 0 radical (unpaired) electrons. The molecule has 0 bridgehead atoms. The van der Waals surface area contributed by atoms with E-state index in [2.05, 4.69) is 34.3 Å². The molecule has 0 aliphatic carbocycles. The first-order valence-corrected chi connectivity index (χ1v) is 7.89. The monoisotopic (exact) mass is 289 g/mol. The van der Waals surface area contributed by atoms with E-state index < -0.39 is 0 Å². The van der Waals surface area contributed by atoms with Crippen molar-refractivity contribution in [3.05, 3.63) is 46.2 Å². The van der Waals surface area contributed by atoms with Gasteiger partial charge in [0.1, 0.15) is 13.2 Å². The summed E-state index contributed by atoms with van der Waals surface area (Å²) in [6, 6.07) is 8.77. The highest BCUT2D eigenvalue weighted by Crippen LogP contribution is 2.33. The highest BCUT2D eigenvalue weighted by atomic mass is 32.1. The van der Waals surface area contributed by atoms with Gasteiger partial charge in [-0.1, -0.05) is 6.07 Å². The van der Waals surface area contributed by atoms with Gasteiger partial charge >= 0.3 is 0 Å². The molecule has 1 aliphatic heterocycles. The van der Waals surface area contributed by atoms with E-state index in [1.54, 1.807) is 11.3 Å². The van der Waals surface area contributed by atoms with Gasteiger partial charge in [0.2, 0.25) is 0 Å². The number of ether oxygens (including phenoxy) is 2. The number of hydrogen-bond donors (Lipinski definition) is 1. The number of aryl methyl sites for hydroxylation is 1. The Morgan fingerprint density at radius 1 is 1.20 bits per heavy atom. The van der Waals surface area contributed by atoms with E-state index in [9.17, 15) is 0 Å². The lowest BCUT2D eigenvalue weighted by molar-refractivity contribution is 0.171. The van der Waals surface area contributed by atoms with Crippen LogP contribution in [0, 0.1) is 0 Å². The van der Waals surface area contributed by atoms with Crippen molar-refractivity contribution in [2.45, 2.75) is 18.9 Å². The van der Waals surface area contributed by atoms with Crippen LogP contribution in [0.1, 0.15) is 23.6 Å². The van der Waals surface area contributed by atoms with Gasteiger partial charge in [-0.3, -0.25) is 0 Å². The molecule has 1 aromatic carbocycles. The van der Waals surface area contributed by atoms with Crippen molar-refractivity contribution < 1.29 is 9.47 Å². The van der Waals surface area contributed by atoms with Gasteiger partial charge < -0.3 is 14.8 Å². The van der Waals surface area contributed by atoms with Crippen LogP contribution in [-0.4, -0.2) is 20.3 Å². The molecule has 0 spiro atoms. The van der Waals surface area contributed by atoms with E-state index >= 15 is 0 Å². The van der Waals surface area contributed by atoms with E-state index in [1.165, 1.54) is 11.1 Å². The summed E-state index contributed by atoms with van der Waals surface area (Å²) < 4.78 is 11.2. The second kappa shape index (κ2) is 6.29. The molecule has 1 unspecified atom stereocenters. The van der Waals surface area contributed by atoms with Gasteiger partial charge in [-0.05, 0) is 60.0 Å². The lowest BCUT2D eigenvalue weighted by atomic mass is 9.99. The molecule has 0 fully saturated rings. The Kier molecular flexibility index (Phi) is 4.23. The molecule has 0 amide bonds. The van der Waals surface area contributed by atoms with Crippen LogP contribution >= 0.6 is 11.3 Å². The molecule has 106 valence electrons. The van der Waals surface area contributed by atoms with Crippen LogP contribution in [0.3, 0.4) is 0 Å². The van der Waals surface area contributed by atoms with Crippen LogP contribution in [0.5, 0.6) is 11.5 Å². The van der Waals surface area contributed by atoms with Gasteiger partial charge in [-0.25, -0.2) is 0 Å². The zero-order chi connectivity index (χ0) is 13.8. The Bertz CT molecular complexity index is 554. The molecule has 0 saturated carbocycles. The summed E-state index contributed by atoms with van der Waals surface area (Å²) >= 11 is 1.76. The number of hydrogen-bond acceptors (Lipinski definition) is 4. The van der Waals surface area contributed by atoms with Crippen molar-refractivity contribution >= 4 is 11.3 Å². The first-order valence-electron chi connectivity index (χ1n) is 6.94. The summed E-state index contributed by atoms with van der Waals surface area (Å²) in [5.41, 5.74) is 2.67. The van der Waals surface area contributed by atoms with E-state index in [0.717, 1.165) is 24.3 Å². The Morgan fingerprint density at radius 3 is 2.80 bits per heavy atom. The maximum Gasteiger partial charge on any atom is 0.161 e. The number of nitrogens with one attached hydrogen (secondary N) is 1. The van der Waals surface area contributed by atoms with Crippen molar-refractivity contribution in [2.75, 3.05) is 20.3 Å². The van der Waals surface area contributed by atoms with Crippen LogP contribution < -0.4 is 14.8 Å². The Labute approximate surface area is 123 Å². The summed E-state index contributed by atoms with van der Waals surface area (Å²) in [6.07, 6.45) is 2.16. The molecule has 2 aromatic rings. The zero-order valence-electron chi connectivity index (χ0n) is 11.6. The molecule has 3 nitrogen and oxygen atoms in total. The molecule has 1 N–H and O–H groups in total. The lowest BCUT2D eigenvalue weighted by Gasteiger charge is -2.22. The largest absolute Gasteiger partial charge is 0.486 e. The third-order valence-corrected chi connectivity index (χ3v) is 4.35. The average molecular weight is 289 g/mol. The Morgan fingerprint density at radius 2 is 2.05 bits per heavy atom. The minimum atomic E-state index is 0.339. The molecule has 4 heteroatoms. The fraction of sp³-hybridized carbons (Fsp3) is 0.375. The van der Waals surface area contributed by atoms with Crippen LogP contribution in [-0.2, 0) is 6.42 Å². The van der Waals surface area contributed by atoms with Gasteiger partial charge in [-0.15, -0.1) is 0 Å². The number of thiophene rings is 1. The number of rotatable bonds is 5. The predicted octanol–water partition coefficient (Wildman–Crippen LogP) is 3.41. The Hall–Kier alpha value is -1.52. The first kappa shape index (κ1) is 13.5. The summed E-state index contributed by atoms with van der Waals surface area (Å²) in [7, 11) is 2.01. The van der Waals surface area contributed by atoms with Crippen LogP contribution in [0.25, 0.3) is 0 Å². The van der Waals surface area contributed by atoms with Gasteiger partial charge in [-0.2, -0.15) is 11.3 Å². The minimum Gasteiger partial charge on any atom is -0.486 e. The van der Waals surface area contributed by atoms with Crippen molar-refractivity contribution in [1.82, 2.24) is 5.32 Å². The van der Waals surface area contributed by atoms with Gasteiger partial charge in [0.05, 0.1) is 0 Å². The minimum absolute atomic E-state index is 0.339. The van der Waals surface area contributed by atoms with E-state index in [-0.39, 0.29) is 0 Å². The quantitative estimate of drug-likeness (QED) is 0.915. The molecule has 1 aliphatic rings. The van der Waals surface area contributed by atoms with E-state index in [4.69, 9.17) is 9.47 Å². The SMILES string of the molecule is CNC(CCc1ccsc1)c1ccc2c(c1)OCCO2. The van der Waals surface area contributed by atoms with E-state index in [1.807, 2.05) is 13.1 Å². The van der Waals surface area contributed by atoms with E-state index in [0.29, 0.717) is 19.3 Å². The van der Waals surface area contributed by atoms with Crippen molar-refractivity contribution in [3.63, 3.8) is 0 Å². The van der Waals surface area contributed by atoms with Crippen molar-refractivity contribution in [2.24, 2.45) is 0 Å². The molecule has 3 rings (SSSR count). The maximum absolute atomic E-state index is 5.66. The fourth-order valence-corrected chi connectivity index (χ4v) is 3.20. The lowest BCUT2D eigenvalue weighted by Crippen LogP contribution is -2.19. The highest BCUT2D eigenvalue weighted by Gasteiger charge is 2.16. The standard InChI is InChI=1S/C16H19NO2S/c1-17-14(4-2-12-6-9-20-11-12)13-3-5-15-16(10-13)19-8-7-18-15/h3,5-6,9-11,14,17H,2,4,7-8H2,1H3. The van der Waals surface area contributed by atoms with Gasteiger partial charge in [0.25, 0.3) is 0 Å². The second-order valence-corrected chi connectivity index (χ2v) is 5.69. The molecule has 20 heavy (non-hydrogen) atoms. The van der Waals surface area contributed by atoms with Crippen LogP contribution in [0.4, 0.5) is 0 Å². The summed E-state index contributed by atoms with van der Waals surface area (Å²) in [4.78, 5) is 0. The first-order chi connectivity index (χ1) is 9.86. The summed E-state index contributed by atoms with van der Waals surface area (Å²) in [5.74, 6) is 1.72. The topological polar surface area (TPSA) is 30.5 Å². The normalized spacial score (nSPS) is 15.1. The Balaban J connectivity index is 1.71. The summed E-state index contributed by atoms with van der Waals surface area (Å²) in [6.45, 7) is 1.27. The third-order valence-electron chi connectivity index (χ3n) is 3.62. The maximum atomic E-state index is 5.66. The smallest absolute Gasteiger partial charge is 0.161 e. The van der Waals surface area contributed by atoms with Crippen molar-refractivity contribution in [3.8, 4) is 11.5 Å². The second-order valence-electron chi connectivity index (χ2n) is 4.91. The molecule has 0 saturated heterocycles. The van der Waals surface area contributed by atoms with Crippen LogP contribution in [0.2, 0.25) is 0 Å². The fourth-order valence-electron chi connectivity index (χ4n) is 2.50. The number of benzene rings is 1. The van der Waals surface area contributed by atoms with Gasteiger partial charge in [0.15, 0.2) is 11.5 Å². The molecule has 1 atom stereocenters. The predicted molar refractivity (Wildman–Crippen MR) is 81.9 cm³/mol. The summed E-state index contributed by atoms with van der Waals surface area (Å²) in [5, 5.41) is 7.75. The average Bonchev–Trinajstić information content (AvgIpc) is 3.01. The molecular weight excluding hydrogens is 270 g/mol. The molecular formula is C16H19NO2S. The highest BCUT2D eigenvalue weighted by molar-refractivity contribution is 7.07. The molecule has 2 heterocycles.